The van der Waals surface area contributed by atoms with Crippen molar-refractivity contribution < 1.29 is 19.0 Å². The zero-order chi connectivity index (χ0) is 18.5. The summed E-state index contributed by atoms with van der Waals surface area (Å²) in [7, 11) is 1.60. The van der Waals surface area contributed by atoms with Gasteiger partial charge in [0.1, 0.15) is 0 Å². The van der Waals surface area contributed by atoms with Gasteiger partial charge >= 0.3 is 5.97 Å². The summed E-state index contributed by atoms with van der Waals surface area (Å²) in [6, 6.07) is 13.1. The molecule has 0 amide bonds. The molecule has 5 nitrogen and oxygen atoms in total. The van der Waals surface area contributed by atoms with E-state index in [4.69, 9.17) is 14.2 Å². The smallest absolute Gasteiger partial charge is 0.363 e. The number of benzene rings is 2. The molecule has 1 aliphatic rings. The van der Waals surface area contributed by atoms with Gasteiger partial charge in [-0.3, -0.25) is 0 Å². The Labute approximate surface area is 165 Å². The van der Waals surface area contributed by atoms with Crippen LogP contribution in [0.2, 0.25) is 0 Å². The number of carbonyl (C=O) groups is 1. The van der Waals surface area contributed by atoms with Crippen LogP contribution < -0.4 is 9.47 Å². The predicted octanol–water partition coefficient (Wildman–Crippen LogP) is 4.43. The van der Waals surface area contributed by atoms with E-state index in [1.165, 1.54) is 0 Å². The molecule has 0 unspecified atom stereocenters. The molecule has 0 radical (unpaired) electrons. The lowest BCUT2D eigenvalue weighted by Gasteiger charge is -2.10. The summed E-state index contributed by atoms with van der Waals surface area (Å²) >= 11 is 2.21. The molecule has 2 aromatic carbocycles. The molecule has 1 heterocycles. The highest BCUT2D eigenvalue weighted by Gasteiger charge is 2.24. The molecular weight excluding hydrogens is 445 g/mol. The number of rotatable bonds is 6. The van der Waals surface area contributed by atoms with Crippen molar-refractivity contribution in [2.45, 2.75) is 13.3 Å². The van der Waals surface area contributed by atoms with Gasteiger partial charge in [-0.2, -0.15) is 0 Å². The maximum Gasteiger partial charge on any atom is 0.363 e. The third-order valence-electron chi connectivity index (χ3n) is 3.64. The Morgan fingerprint density at radius 2 is 2.04 bits per heavy atom. The van der Waals surface area contributed by atoms with Gasteiger partial charge in [0.25, 0.3) is 0 Å². The van der Waals surface area contributed by atoms with E-state index in [0.29, 0.717) is 24.0 Å². The largest absolute Gasteiger partial charge is 0.493 e. The summed E-state index contributed by atoms with van der Waals surface area (Å²) in [4.78, 5) is 16.5. The molecule has 0 saturated heterocycles. The summed E-state index contributed by atoms with van der Waals surface area (Å²) in [5.41, 5.74) is 1.82. The van der Waals surface area contributed by atoms with Crippen molar-refractivity contribution in [3.63, 3.8) is 0 Å². The van der Waals surface area contributed by atoms with Gasteiger partial charge in [0.2, 0.25) is 5.90 Å². The Morgan fingerprint density at radius 1 is 1.19 bits per heavy atom. The van der Waals surface area contributed by atoms with Gasteiger partial charge in [-0.05, 0) is 71.0 Å². The molecular formula is C20H18INO4. The Kier molecular flexibility index (Phi) is 5.92. The van der Waals surface area contributed by atoms with Crippen LogP contribution in [0.3, 0.4) is 0 Å². The fourth-order valence-corrected chi connectivity index (χ4v) is 2.96. The molecule has 3 rings (SSSR count). The van der Waals surface area contributed by atoms with Crippen molar-refractivity contribution >= 4 is 40.5 Å². The van der Waals surface area contributed by atoms with Crippen LogP contribution in [-0.4, -0.2) is 25.6 Å². The van der Waals surface area contributed by atoms with Crippen LogP contribution in [0.15, 0.2) is 53.2 Å². The van der Waals surface area contributed by atoms with E-state index < -0.39 is 5.97 Å². The van der Waals surface area contributed by atoms with Crippen LogP contribution >= 0.6 is 22.6 Å². The number of hydrogen-bond acceptors (Lipinski definition) is 5. The van der Waals surface area contributed by atoms with Crippen molar-refractivity contribution in [2.24, 2.45) is 4.99 Å². The fraction of sp³-hybridized carbons (Fsp3) is 0.200. The minimum Gasteiger partial charge on any atom is -0.493 e. The van der Waals surface area contributed by atoms with E-state index >= 15 is 0 Å². The van der Waals surface area contributed by atoms with Crippen molar-refractivity contribution in [2.75, 3.05) is 13.7 Å². The minimum atomic E-state index is -0.467. The number of hydrogen-bond donors (Lipinski definition) is 0. The van der Waals surface area contributed by atoms with E-state index in [-0.39, 0.29) is 5.70 Å². The Balaban J connectivity index is 1.90. The second-order valence-corrected chi connectivity index (χ2v) is 6.85. The second kappa shape index (κ2) is 8.35. The molecule has 0 aromatic heterocycles. The normalized spacial score (nSPS) is 15.0. The standard InChI is InChI=1S/C20H18INO4/c1-3-9-25-18-11-13(7-8-17(18)24-2)10-16-20(23)26-19(22-16)14-5-4-6-15(21)12-14/h4-8,10-12H,3,9H2,1-2H3/b16-10+. The summed E-state index contributed by atoms with van der Waals surface area (Å²) in [6.45, 7) is 2.63. The highest BCUT2D eigenvalue weighted by atomic mass is 127. The van der Waals surface area contributed by atoms with E-state index in [1.54, 1.807) is 13.2 Å². The first kappa shape index (κ1) is 18.4. The first-order valence-electron chi connectivity index (χ1n) is 8.20. The van der Waals surface area contributed by atoms with Crippen LogP contribution in [0.5, 0.6) is 11.5 Å². The van der Waals surface area contributed by atoms with Crippen LogP contribution in [0.4, 0.5) is 0 Å². The van der Waals surface area contributed by atoms with Gasteiger partial charge in [-0.1, -0.05) is 19.1 Å². The quantitative estimate of drug-likeness (QED) is 0.361. The molecule has 26 heavy (non-hydrogen) atoms. The molecule has 6 heteroatoms. The van der Waals surface area contributed by atoms with Crippen LogP contribution in [0, 0.1) is 3.57 Å². The van der Waals surface area contributed by atoms with E-state index in [1.807, 2.05) is 49.4 Å². The van der Waals surface area contributed by atoms with Gasteiger partial charge in [-0.15, -0.1) is 0 Å². The van der Waals surface area contributed by atoms with Crippen molar-refractivity contribution in [1.82, 2.24) is 0 Å². The SMILES string of the molecule is CCCOc1cc(/C=C2/N=C(c3cccc(I)c3)OC2=O)ccc1OC. The van der Waals surface area contributed by atoms with Crippen LogP contribution in [0.25, 0.3) is 6.08 Å². The lowest BCUT2D eigenvalue weighted by Crippen LogP contribution is -2.05. The lowest BCUT2D eigenvalue weighted by atomic mass is 10.1. The van der Waals surface area contributed by atoms with Crippen molar-refractivity contribution in [1.29, 1.82) is 0 Å². The third kappa shape index (κ3) is 4.24. The highest BCUT2D eigenvalue weighted by molar-refractivity contribution is 14.1. The van der Waals surface area contributed by atoms with Crippen LogP contribution in [-0.2, 0) is 9.53 Å². The number of carbonyl (C=O) groups excluding carboxylic acids is 1. The minimum absolute atomic E-state index is 0.255. The molecule has 0 aliphatic carbocycles. The van der Waals surface area contributed by atoms with Gasteiger partial charge in [-0.25, -0.2) is 9.79 Å². The number of methoxy groups -OCH3 is 1. The zero-order valence-electron chi connectivity index (χ0n) is 14.5. The maximum atomic E-state index is 12.2. The van der Waals surface area contributed by atoms with Crippen molar-refractivity contribution in [3.8, 4) is 11.5 Å². The average Bonchev–Trinajstić information content (AvgIpc) is 3.01. The number of cyclic esters (lactones) is 1. The summed E-state index contributed by atoms with van der Waals surface area (Å²) in [6.07, 6.45) is 2.58. The predicted molar refractivity (Wildman–Crippen MR) is 109 cm³/mol. The highest BCUT2D eigenvalue weighted by Crippen LogP contribution is 2.30. The lowest BCUT2D eigenvalue weighted by molar-refractivity contribution is -0.129. The van der Waals surface area contributed by atoms with Gasteiger partial charge < -0.3 is 14.2 Å². The van der Waals surface area contributed by atoms with Crippen LogP contribution in [0.1, 0.15) is 24.5 Å². The average molecular weight is 463 g/mol. The van der Waals surface area contributed by atoms with Gasteiger partial charge in [0, 0.05) is 9.13 Å². The Bertz CT molecular complexity index is 889. The molecule has 134 valence electrons. The van der Waals surface area contributed by atoms with Crippen molar-refractivity contribution in [3.05, 3.63) is 62.9 Å². The topological polar surface area (TPSA) is 57.1 Å². The zero-order valence-corrected chi connectivity index (χ0v) is 16.6. The Hall–Kier alpha value is -2.35. The third-order valence-corrected chi connectivity index (χ3v) is 4.32. The molecule has 1 aliphatic heterocycles. The van der Waals surface area contributed by atoms with E-state index in [0.717, 1.165) is 21.1 Å². The Morgan fingerprint density at radius 3 is 2.77 bits per heavy atom. The van der Waals surface area contributed by atoms with E-state index in [9.17, 15) is 4.79 Å². The number of nitrogens with zero attached hydrogens (tertiary/aromatic N) is 1. The number of esters is 1. The molecule has 0 saturated carbocycles. The summed E-state index contributed by atoms with van der Waals surface area (Å²) < 4.78 is 17.4. The molecule has 2 aromatic rings. The first-order chi connectivity index (χ1) is 12.6. The summed E-state index contributed by atoms with van der Waals surface area (Å²) in [5.74, 6) is 1.14. The molecule has 0 fully saturated rings. The van der Waals surface area contributed by atoms with E-state index in [2.05, 4.69) is 27.6 Å². The molecule has 0 bridgehead atoms. The number of aliphatic imine (C=N–C) groups is 1. The maximum absolute atomic E-state index is 12.2. The number of ether oxygens (including phenoxy) is 3. The van der Waals surface area contributed by atoms with Gasteiger partial charge in [0.05, 0.1) is 13.7 Å². The first-order valence-corrected chi connectivity index (χ1v) is 9.28. The monoisotopic (exact) mass is 463 g/mol. The molecule has 0 atom stereocenters. The fourth-order valence-electron chi connectivity index (χ4n) is 2.42. The second-order valence-electron chi connectivity index (χ2n) is 5.61. The number of halogens is 1. The molecule has 0 N–H and O–H groups in total. The van der Waals surface area contributed by atoms with Gasteiger partial charge in [0.15, 0.2) is 17.2 Å². The molecule has 0 spiro atoms. The summed E-state index contributed by atoms with van der Waals surface area (Å²) in [5, 5.41) is 0.